The number of carbonyl (C=O) groups is 2. The molecule has 1 unspecified atom stereocenters. The number of hydrogen-bond donors (Lipinski definition) is 2. The normalized spacial score (nSPS) is 19.3. The van der Waals surface area contributed by atoms with E-state index >= 15 is 0 Å². The second kappa shape index (κ2) is 12.6. The van der Waals surface area contributed by atoms with E-state index in [1.807, 2.05) is 44.2 Å². The van der Waals surface area contributed by atoms with E-state index in [0.717, 1.165) is 35.8 Å². The molecule has 1 heterocycles. The maximum absolute atomic E-state index is 13.1. The summed E-state index contributed by atoms with van der Waals surface area (Å²) in [5.74, 6) is -0.132. The summed E-state index contributed by atoms with van der Waals surface area (Å²) >= 11 is 3.41. The van der Waals surface area contributed by atoms with Gasteiger partial charge in [-0.3, -0.25) is 9.69 Å². The summed E-state index contributed by atoms with van der Waals surface area (Å²) in [5, 5.41) is 6.39. The van der Waals surface area contributed by atoms with Gasteiger partial charge in [0.05, 0.1) is 6.54 Å². The lowest BCUT2D eigenvalue weighted by molar-refractivity contribution is -0.132. The Morgan fingerprint density at radius 3 is 2.65 bits per heavy atom. The van der Waals surface area contributed by atoms with Gasteiger partial charge >= 0.3 is 6.03 Å². The number of carbonyl (C=O) groups excluding carboxylic acids is 2. The monoisotopic (exact) mass is 487 g/mol. The molecular formula is C25H34BrN3O2. The van der Waals surface area contributed by atoms with Crippen LogP contribution in [0.1, 0.15) is 51.5 Å². The first-order valence-corrected chi connectivity index (χ1v) is 11.8. The van der Waals surface area contributed by atoms with E-state index in [1.165, 1.54) is 10.5 Å². The fraction of sp³-hybridized carbons (Fsp3) is 0.440. The molecule has 0 aliphatic carbocycles. The van der Waals surface area contributed by atoms with Crippen molar-refractivity contribution >= 4 is 27.9 Å². The van der Waals surface area contributed by atoms with Crippen LogP contribution in [0.15, 0.2) is 65.2 Å². The Kier molecular flexibility index (Phi) is 10.2. The van der Waals surface area contributed by atoms with Crippen LogP contribution < -0.4 is 10.6 Å². The quantitative estimate of drug-likeness (QED) is 0.167. The molecule has 31 heavy (non-hydrogen) atoms. The Morgan fingerprint density at radius 1 is 1.26 bits per heavy atom. The Balaban J connectivity index is 1.84. The summed E-state index contributed by atoms with van der Waals surface area (Å²) in [4.78, 5) is 27.0. The number of nitrogens with one attached hydrogen (secondary N) is 2. The number of urea groups is 1. The van der Waals surface area contributed by atoms with E-state index < -0.39 is 5.54 Å². The summed E-state index contributed by atoms with van der Waals surface area (Å²) in [7, 11) is 0. The Hall–Kier alpha value is -2.18. The number of allylic oxidation sites excluding steroid dienone is 5. The Labute approximate surface area is 194 Å². The highest BCUT2D eigenvalue weighted by Crippen LogP contribution is 2.26. The topological polar surface area (TPSA) is 61.4 Å². The van der Waals surface area contributed by atoms with E-state index in [9.17, 15) is 9.59 Å². The fourth-order valence-corrected chi connectivity index (χ4v) is 3.99. The molecule has 6 heteroatoms. The summed E-state index contributed by atoms with van der Waals surface area (Å²) in [6.45, 7) is 9.58. The standard InChI is InChI=1S/C25H34BrN3O2/c1-4-7-10-20(9-5-2)11-8-17-27-18-16-25(6-3)23(30)29(24(31)28-25)19-21-12-14-22(26)15-13-21/h4-5,9-10,12-15,27H,1,6-8,11,16-19H2,2-3H3,(H,28,31)/b9-5-,20-10?. The van der Waals surface area contributed by atoms with E-state index in [1.54, 1.807) is 0 Å². The molecule has 0 aromatic heterocycles. The van der Waals surface area contributed by atoms with Crippen molar-refractivity contribution in [1.82, 2.24) is 15.5 Å². The van der Waals surface area contributed by atoms with Crippen LogP contribution >= 0.6 is 15.9 Å². The van der Waals surface area contributed by atoms with Crippen molar-refractivity contribution in [3.8, 4) is 0 Å². The highest BCUT2D eigenvalue weighted by Gasteiger charge is 2.49. The minimum absolute atomic E-state index is 0.132. The van der Waals surface area contributed by atoms with E-state index in [2.05, 4.69) is 51.4 Å². The second-order valence-electron chi connectivity index (χ2n) is 7.79. The Bertz CT molecular complexity index is 817. The molecule has 5 nitrogen and oxygen atoms in total. The van der Waals surface area contributed by atoms with Gasteiger partial charge < -0.3 is 10.6 Å². The molecule has 2 rings (SSSR count). The highest BCUT2D eigenvalue weighted by atomic mass is 79.9. The number of benzene rings is 1. The summed E-state index contributed by atoms with van der Waals surface area (Å²) in [6.07, 6.45) is 12.4. The van der Waals surface area contributed by atoms with Crippen LogP contribution in [-0.2, 0) is 11.3 Å². The van der Waals surface area contributed by atoms with Gasteiger partial charge in [-0.1, -0.05) is 64.9 Å². The third kappa shape index (κ3) is 7.18. The second-order valence-corrected chi connectivity index (χ2v) is 8.71. The van der Waals surface area contributed by atoms with Crippen molar-refractivity contribution in [2.45, 2.75) is 58.0 Å². The van der Waals surface area contributed by atoms with Gasteiger partial charge in [0.15, 0.2) is 0 Å². The smallest absolute Gasteiger partial charge is 0.323 e. The Morgan fingerprint density at radius 2 is 2.00 bits per heavy atom. The largest absolute Gasteiger partial charge is 0.325 e. The lowest BCUT2D eigenvalue weighted by Gasteiger charge is -2.25. The molecule has 0 saturated carbocycles. The van der Waals surface area contributed by atoms with Gasteiger partial charge in [0.25, 0.3) is 5.91 Å². The average molecular weight is 488 g/mol. The number of hydrogen-bond acceptors (Lipinski definition) is 3. The van der Waals surface area contributed by atoms with Crippen molar-refractivity contribution in [1.29, 1.82) is 0 Å². The van der Waals surface area contributed by atoms with Crippen molar-refractivity contribution < 1.29 is 9.59 Å². The van der Waals surface area contributed by atoms with Gasteiger partial charge in [0.2, 0.25) is 0 Å². The van der Waals surface area contributed by atoms with Gasteiger partial charge in [-0.15, -0.1) is 6.58 Å². The fourth-order valence-electron chi connectivity index (χ4n) is 3.72. The molecule has 1 fully saturated rings. The van der Waals surface area contributed by atoms with Gasteiger partial charge in [0, 0.05) is 4.47 Å². The number of halogens is 1. The first kappa shape index (κ1) is 25.1. The summed E-state index contributed by atoms with van der Waals surface area (Å²) in [5.41, 5.74) is 1.42. The maximum atomic E-state index is 13.1. The molecular weight excluding hydrogens is 454 g/mol. The molecule has 0 bridgehead atoms. The van der Waals surface area contributed by atoms with Gasteiger partial charge in [-0.05, 0) is 69.8 Å². The first-order chi connectivity index (χ1) is 15.0. The van der Waals surface area contributed by atoms with E-state index in [-0.39, 0.29) is 18.5 Å². The molecule has 1 aliphatic rings. The van der Waals surface area contributed by atoms with Gasteiger partial charge in [-0.2, -0.15) is 0 Å². The molecule has 168 valence electrons. The van der Waals surface area contributed by atoms with E-state index in [0.29, 0.717) is 19.4 Å². The predicted molar refractivity (Wildman–Crippen MR) is 131 cm³/mol. The van der Waals surface area contributed by atoms with E-state index in [4.69, 9.17) is 0 Å². The van der Waals surface area contributed by atoms with Crippen molar-refractivity contribution in [2.24, 2.45) is 0 Å². The zero-order valence-corrected chi connectivity index (χ0v) is 20.2. The average Bonchev–Trinajstić information content (AvgIpc) is 3.00. The zero-order chi connectivity index (χ0) is 22.7. The van der Waals surface area contributed by atoms with Crippen LogP contribution in [0, 0.1) is 0 Å². The van der Waals surface area contributed by atoms with Crippen LogP contribution in [0.3, 0.4) is 0 Å². The SMILES string of the molecule is C=CCC=C(/C=C\C)CCCNCCC1(CC)NC(=O)N(Cc2ccc(Br)cc2)C1=O. The third-order valence-corrected chi connectivity index (χ3v) is 6.11. The van der Waals surface area contributed by atoms with Crippen LogP contribution in [0.5, 0.6) is 0 Å². The first-order valence-electron chi connectivity index (χ1n) is 11.0. The highest BCUT2D eigenvalue weighted by molar-refractivity contribution is 9.10. The van der Waals surface area contributed by atoms with Gasteiger partial charge in [0.1, 0.15) is 5.54 Å². The molecule has 1 atom stereocenters. The molecule has 1 aromatic rings. The molecule has 2 N–H and O–H groups in total. The van der Waals surface area contributed by atoms with Crippen molar-refractivity contribution in [3.63, 3.8) is 0 Å². The molecule has 0 spiro atoms. The lowest BCUT2D eigenvalue weighted by atomic mass is 9.92. The number of nitrogens with zero attached hydrogens (tertiary/aromatic N) is 1. The zero-order valence-electron chi connectivity index (χ0n) is 18.6. The summed E-state index contributed by atoms with van der Waals surface area (Å²) in [6, 6.07) is 7.36. The molecule has 1 saturated heterocycles. The minimum Gasteiger partial charge on any atom is -0.323 e. The molecule has 0 radical (unpaired) electrons. The van der Waals surface area contributed by atoms with Crippen molar-refractivity contribution in [2.75, 3.05) is 13.1 Å². The third-order valence-electron chi connectivity index (χ3n) is 5.58. The van der Waals surface area contributed by atoms with Crippen LogP contribution in [0.4, 0.5) is 4.79 Å². The minimum atomic E-state index is -0.820. The number of amides is 3. The van der Waals surface area contributed by atoms with Crippen LogP contribution in [-0.4, -0.2) is 35.5 Å². The number of rotatable bonds is 13. The predicted octanol–water partition coefficient (Wildman–Crippen LogP) is 5.49. The lowest BCUT2D eigenvalue weighted by Crippen LogP contribution is -2.48. The van der Waals surface area contributed by atoms with Crippen molar-refractivity contribution in [3.05, 3.63) is 70.8 Å². The van der Waals surface area contributed by atoms with Gasteiger partial charge in [-0.25, -0.2) is 4.79 Å². The molecule has 1 aliphatic heterocycles. The van der Waals surface area contributed by atoms with Crippen LogP contribution in [0.25, 0.3) is 0 Å². The summed E-state index contributed by atoms with van der Waals surface area (Å²) < 4.78 is 0.969. The molecule has 1 aromatic carbocycles. The molecule has 3 amide bonds. The van der Waals surface area contributed by atoms with Crippen LogP contribution in [0.2, 0.25) is 0 Å². The maximum Gasteiger partial charge on any atom is 0.325 e. The number of imide groups is 1.